The Kier molecular flexibility index (Phi) is 3.23. The summed E-state index contributed by atoms with van der Waals surface area (Å²) in [5.74, 6) is 0. The van der Waals surface area contributed by atoms with Gasteiger partial charge in [-0.1, -0.05) is 30.3 Å². The van der Waals surface area contributed by atoms with Crippen LogP contribution >= 0.6 is 0 Å². The van der Waals surface area contributed by atoms with Crippen molar-refractivity contribution in [1.82, 2.24) is 14.8 Å². The molecule has 19 heavy (non-hydrogen) atoms. The topological polar surface area (TPSA) is 42.7 Å². The maximum Gasteiger partial charge on any atom is 0.138 e. The van der Waals surface area contributed by atoms with Gasteiger partial charge in [-0.15, -0.1) is 0 Å². The highest BCUT2D eigenvalue weighted by molar-refractivity contribution is 5.48. The van der Waals surface area contributed by atoms with Crippen LogP contribution < -0.4 is 5.32 Å². The number of rotatable bonds is 4. The zero-order chi connectivity index (χ0) is 12.9. The third-order valence-electron chi connectivity index (χ3n) is 2.89. The smallest absolute Gasteiger partial charge is 0.138 e. The van der Waals surface area contributed by atoms with Gasteiger partial charge in [-0.2, -0.15) is 5.10 Å². The van der Waals surface area contributed by atoms with E-state index in [1.54, 1.807) is 11.0 Å². The highest BCUT2D eigenvalue weighted by Crippen LogP contribution is 2.13. The molecule has 1 aromatic heterocycles. The highest BCUT2D eigenvalue weighted by atomic mass is 15.3. The number of nitrogens with zero attached hydrogens (tertiary/aromatic N) is 3. The van der Waals surface area contributed by atoms with Crippen LogP contribution in [0.15, 0.2) is 67.3 Å². The minimum atomic E-state index is 0.823. The van der Waals surface area contributed by atoms with Gasteiger partial charge in [0.25, 0.3) is 0 Å². The zero-order valence-corrected chi connectivity index (χ0v) is 10.4. The Balaban J connectivity index is 1.67. The van der Waals surface area contributed by atoms with Gasteiger partial charge in [-0.25, -0.2) is 9.67 Å². The first-order chi connectivity index (χ1) is 9.42. The van der Waals surface area contributed by atoms with E-state index in [1.807, 2.05) is 42.5 Å². The van der Waals surface area contributed by atoms with E-state index >= 15 is 0 Å². The summed E-state index contributed by atoms with van der Waals surface area (Å²) in [7, 11) is 0. The summed E-state index contributed by atoms with van der Waals surface area (Å²) in [5.41, 5.74) is 3.36. The van der Waals surface area contributed by atoms with Gasteiger partial charge in [-0.3, -0.25) is 0 Å². The Morgan fingerprint density at radius 3 is 2.42 bits per heavy atom. The van der Waals surface area contributed by atoms with Gasteiger partial charge in [0.1, 0.15) is 12.7 Å². The molecule has 0 aliphatic rings. The molecule has 0 saturated heterocycles. The van der Waals surface area contributed by atoms with Gasteiger partial charge in [0.2, 0.25) is 0 Å². The number of aromatic nitrogens is 3. The van der Waals surface area contributed by atoms with Gasteiger partial charge in [0.05, 0.1) is 5.69 Å². The minimum absolute atomic E-state index is 0.823. The van der Waals surface area contributed by atoms with E-state index in [0.29, 0.717) is 0 Å². The van der Waals surface area contributed by atoms with Crippen molar-refractivity contribution >= 4 is 5.69 Å². The van der Waals surface area contributed by atoms with E-state index in [0.717, 1.165) is 17.9 Å². The fourth-order valence-corrected chi connectivity index (χ4v) is 1.87. The second-order valence-electron chi connectivity index (χ2n) is 4.23. The van der Waals surface area contributed by atoms with Crippen molar-refractivity contribution < 1.29 is 0 Å². The molecule has 0 saturated carbocycles. The molecular formula is C15H14N4. The van der Waals surface area contributed by atoms with Crippen molar-refractivity contribution in [3.63, 3.8) is 0 Å². The highest BCUT2D eigenvalue weighted by Gasteiger charge is 1.97. The Labute approximate surface area is 111 Å². The third-order valence-corrected chi connectivity index (χ3v) is 2.89. The van der Waals surface area contributed by atoms with Gasteiger partial charge in [0.15, 0.2) is 0 Å². The summed E-state index contributed by atoms with van der Waals surface area (Å²) in [4.78, 5) is 3.93. The summed E-state index contributed by atoms with van der Waals surface area (Å²) in [6.07, 6.45) is 3.22. The quantitative estimate of drug-likeness (QED) is 0.774. The normalized spacial score (nSPS) is 10.3. The first kappa shape index (κ1) is 11.5. The van der Waals surface area contributed by atoms with Crippen molar-refractivity contribution in [3.8, 4) is 5.69 Å². The largest absolute Gasteiger partial charge is 0.381 e. The summed E-state index contributed by atoms with van der Waals surface area (Å²) >= 11 is 0. The molecule has 1 N–H and O–H groups in total. The van der Waals surface area contributed by atoms with Crippen LogP contribution in [0.3, 0.4) is 0 Å². The number of hydrogen-bond donors (Lipinski definition) is 1. The molecule has 4 heteroatoms. The van der Waals surface area contributed by atoms with E-state index < -0.39 is 0 Å². The van der Waals surface area contributed by atoms with Crippen LogP contribution in [0, 0.1) is 0 Å². The van der Waals surface area contributed by atoms with Crippen LogP contribution in [0.5, 0.6) is 0 Å². The second kappa shape index (κ2) is 5.35. The first-order valence-electron chi connectivity index (χ1n) is 6.15. The SMILES string of the molecule is c1ccc(CNc2ccc(-n3cncn3)cc2)cc1. The maximum absolute atomic E-state index is 4.09. The second-order valence-corrected chi connectivity index (χ2v) is 4.23. The van der Waals surface area contributed by atoms with Crippen molar-refractivity contribution in [2.24, 2.45) is 0 Å². The summed E-state index contributed by atoms with van der Waals surface area (Å²) in [6, 6.07) is 18.4. The molecule has 4 nitrogen and oxygen atoms in total. The van der Waals surface area contributed by atoms with Gasteiger partial charge >= 0.3 is 0 Å². The Morgan fingerprint density at radius 2 is 1.74 bits per heavy atom. The molecule has 0 unspecified atom stereocenters. The average molecular weight is 250 g/mol. The molecule has 0 amide bonds. The van der Waals surface area contributed by atoms with Crippen LogP contribution in [-0.2, 0) is 6.54 Å². The fraction of sp³-hybridized carbons (Fsp3) is 0.0667. The zero-order valence-electron chi connectivity index (χ0n) is 10.4. The summed E-state index contributed by atoms with van der Waals surface area (Å²) < 4.78 is 1.74. The Morgan fingerprint density at radius 1 is 0.947 bits per heavy atom. The van der Waals surface area contributed by atoms with E-state index in [2.05, 4.69) is 27.5 Å². The monoisotopic (exact) mass is 250 g/mol. The molecule has 0 aliphatic heterocycles. The van der Waals surface area contributed by atoms with Crippen LogP contribution in [0.4, 0.5) is 5.69 Å². The predicted molar refractivity (Wildman–Crippen MR) is 75.1 cm³/mol. The van der Waals surface area contributed by atoms with E-state index in [1.165, 1.54) is 11.9 Å². The molecule has 3 rings (SSSR count). The van der Waals surface area contributed by atoms with Crippen LogP contribution in [-0.4, -0.2) is 14.8 Å². The molecular weight excluding hydrogens is 236 g/mol. The van der Waals surface area contributed by atoms with Crippen molar-refractivity contribution in [1.29, 1.82) is 0 Å². The van der Waals surface area contributed by atoms with Gasteiger partial charge in [-0.05, 0) is 29.8 Å². The van der Waals surface area contributed by atoms with E-state index in [-0.39, 0.29) is 0 Å². The number of nitrogens with one attached hydrogen (secondary N) is 1. The molecule has 0 spiro atoms. The number of hydrogen-bond acceptors (Lipinski definition) is 3. The minimum Gasteiger partial charge on any atom is -0.381 e. The molecule has 0 fully saturated rings. The Hall–Kier alpha value is -2.62. The van der Waals surface area contributed by atoms with Crippen LogP contribution in [0.25, 0.3) is 5.69 Å². The maximum atomic E-state index is 4.09. The standard InChI is InChI=1S/C15H14N4/c1-2-4-13(5-3-1)10-17-14-6-8-15(9-7-14)19-12-16-11-18-19/h1-9,11-12,17H,10H2. The molecule has 3 aromatic rings. The lowest BCUT2D eigenvalue weighted by molar-refractivity contribution is 0.879. The molecule has 94 valence electrons. The molecule has 0 radical (unpaired) electrons. The summed E-state index contributed by atoms with van der Waals surface area (Å²) in [6.45, 7) is 0.823. The molecule has 0 aliphatic carbocycles. The predicted octanol–water partition coefficient (Wildman–Crippen LogP) is 2.88. The lowest BCUT2D eigenvalue weighted by Crippen LogP contribution is -2.00. The van der Waals surface area contributed by atoms with Crippen LogP contribution in [0.2, 0.25) is 0 Å². The number of anilines is 1. The summed E-state index contributed by atoms with van der Waals surface area (Å²) in [5, 5.41) is 7.48. The van der Waals surface area contributed by atoms with Gasteiger partial charge < -0.3 is 5.32 Å². The third kappa shape index (κ3) is 2.80. The molecule has 2 aromatic carbocycles. The van der Waals surface area contributed by atoms with Crippen molar-refractivity contribution in [3.05, 3.63) is 72.8 Å². The fourth-order valence-electron chi connectivity index (χ4n) is 1.87. The van der Waals surface area contributed by atoms with Crippen LogP contribution in [0.1, 0.15) is 5.56 Å². The molecule has 1 heterocycles. The molecule has 0 bridgehead atoms. The van der Waals surface area contributed by atoms with E-state index in [4.69, 9.17) is 0 Å². The Bertz CT molecular complexity index is 615. The van der Waals surface area contributed by atoms with Crippen molar-refractivity contribution in [2.45, 2.75) is 6.54 Å². The lowest BCUT2D eigenvalue weighted by atomic mass is 10.2. The lowest BCUT2D eigenvalue weighted by Gasteiger charge is -2.07. The average Bonchev–Trinajstić information content (AvgIpc) is 3.01. The molecule has 0 atom stereocenters. The van der Waals surface area contributed by atoms with E-state index in [9.17, 15) is 0 Å². The van der Waals surface area contributed by atoms with Gasteiger partial charge in [0, 0.05) is 12.2 Å². The first-order valence-corrected chi connectivity index (χ1v) is 6.15. The van der Waals surface area contributed by atoms with Crippen molar-refractivity contribution in [2.75, 3.05) is 5.32 Å². The number of benzene rings is 2.